The summed E-state index contributed by atoms with van der Waals surface area (Å²) in [6.07, 6.45) is 11.4. The van der Waals surface area contributed by atoms with Gasteiger partial charge in [0.15, 0.2) is 0 Å². The highest BCUT2D eigenvalue weighted by Gasteiger charge is 2.51. The highest BCUT2D eigenvalue weighted by atomic mass is 16.5. The molecule has 0 aromatic carbocycles. The van der Waals surface area contributed by atoms with Crippen molar-refractivity contribution >= 4 is 5.97 Å². The largest absolute Gasteiger partial charge is 0.462 e. The number of carbonyl (C=O) groups is 1. The molecular weight excluding hydrogens is 392 g/mol. The zero-order chi connectivity index (χ0) is 22.8. The Morgan fingerprint density at radius 3 is 2.55 bits per heavy atom. The van der Waals surface area contributed by atoms with E-state index in [0.29, 0.717) is 37.5 Å². The third-order valence-corrected chi connectivity index (χ3v) is 7.94. The van der Waals surface area contributed by atoms with Crippen molar-refractivity contribution in [2.75, 3.05) is 0 Å². The van der Waals surface area contributed by atoms with Gasteiger partial charge in [0.2, 0.25) is 0 Å². The molecule has 3 saturated carbocycles. The second-order valence-corrected chi connectivity index (χ2v) is 11.1. The molecule has 0 saturated heterocycles. The smallest absolute Gasteiger partial charge is 0.306 e. The van der Waals surface area contributed by atoms with Crippen LogP contribution >= 0.6 is 0 Å². The number of fused-ring (bicyclic) bond motifs is 1. The zero-order valence-corrected chi connectivity index (χ0v) is 19.8. The van der Waals surface area contributed by atoms with Gasteiger partial charge in [-0.1, -0.05) is 30.2 Å². The maximum Gasteiger partial charge on any atom is 0.306 e. The number of esters is 1. The third-order valence-electron chi connectivity index (χ3n) is 7.94. The van der Waals surface area contributed by atoms with E-state index in [9.17, 15) is 20.1 Å². The minimum Gasteiger partial charge on any atom is -0.462 e. The summed E-state index contributed by atoms with van der Waals surface area (Å²) >= 11 is 0. The quantitative estimate of drug-likeness (QED) is 0.538. The van der Waals surface area contributed by atoms with Gasteiger partial charge in [-0.15, -0.1) is 0 Å². The van der Waals surface area contributed by atoms with Gasteiger partial charge in [0, 0.05) is 12.3 Å². The molecule has 0 radical (unpaired) electrons. The van der Waals surface area contributed by atoms with Crippen LogP contribution in [0.5, 0.6) is 0 Å². The Morgan fingerprint density at radius 1 is 1.23 bits per heavy atom. The molecule has 3 rings (SSSR count). The topological polar surface area (TPSA) is 87.0 Å². The van der Waals surface area contributed by atoms with Gasteiger partial charge in [0.05, 0.1) is 17.8 Å². The Labute approximate surface area is 187 Å². The molecule has 0 aromatic rings. The van der Waals surface area contributed by atoms with Crippen LogP contribution in [0.25, 0.3) is 0 Å². The van der Waals surface area contributed by atoms with Crippen molar-refractivity contribution in [3.63, 3.8) is 0 Å². The van der Waals surface area contributed by atoms with E-state index in [4.69, 9.17) is 4.74 Å². The number of aliphatic hydroxyl groups excluding tert-OH is 2. The Bertz CT molecular complexity index is 691. The maximum absolute atomic E-state index is 12.3. The lowest BCUT2D eigenvalue weighted by atomic mass is 9.62. The summed E-state index contributed by atoms with van der Waals surface area (Å²) < 4.78 is 5.82. The summed E-state index contributed by atoms with van der Waals surface area (Å²) in [5.74, 6) is 0.629. The van der Waals surface area contributed by atoms with Crippen LogP contribution in [0.4, 0.5) is 0 Å². The number of aliphatic hydroxyl groups is 3. The molecule has 5 nitrogen and oxygen atoms in total. The highest BCUT2D eigenvalue weighted by Crippen LogP contribution is 2.58. The SMILES string of the molecule is C[C@H](OC(=O)CCC(C)(C)O)[C@H]1CC[C@H]2C(=CC=C3C[C@@H](O)C[C@H](O)C3)CCC[C@]12C. The first-order valence-electron chi connectivity index (χ1n) is 12.1. The average Bonchev–Trinajstić information content (AvgIpc) is 3.01. The van der Waals surface area contributed by atoms with Crippen LogP contribution < -0.4 is 0 Å². The molecule has 31 heavy (non-hydrogen) atoms. The summed E-state index contributed by atoms with van der Waals surface area (Å²) in [5.41, 5.74) is 1.88. The lowest BCUT2D eigenvalue weighted by Crippen LogP contribution is -2.39. The van der Waals surface area contributed by atoms with E-state index in [1.54, 1.807) is 13.8 Å². The number of hydrogen-bond donors (Lipinski definition) is 3. The monoisotopic (exact) mass is 434 g/mol. The summed E-state index contributed by atoms with van der Waals surface area (Å²) in [6, 6.07) is 0. The molecule has 176 valence electrons. The minimum absolute atomic E-state index is 0.120. The molecule has 5 heteroatoms. The molecule has 0 amide bonds. The maximum atomic E-state index is 12.3. The van der Waals surface area contributed by atoms with Crippen LogP contribution in [0.2, 0.25) is 0 Å². The average molecular weight is 435 g/mol. The van der Waals surface area contributed by atoms with E-state index in [-0.39, 0.29) is 23.9 Å². The first kappa shape index (κ1) is 24.5. The fourth-order valence-corrected chi connectivity index (χ4v) is 6.34. The van der Waals surface area contributed by atoms with Gasteiger partial charge in [-0.25, -0.2) is 0 Å². The standard InChI is InChI=1S/C26H42O5/c1-17(31-24(29)11-13-25(2,3)30)22-9-10-23-19(6-5-12-26(22,23)4)8-7-18-14-20(27)16-21(28)15-18/h7-8,17,20-23,27-28,30H,5-6,9-16H2,1-4H3/t17-,20+,21+,22+,23-,26+/m0/s1. The first-order chi connectivity index (χ1) is 14.5. The predicted octanol–water partition coefficient (Wildman–Crippen LogP) is 4.44. The number of rotatable bonds is 6. The normalized spacial score (nSPS) is 36.2. The number of hydrogen-bond acceptors (Lipinski definition) is 5. The van der Waals surface area contributed by atoms with Crippen LogP contribution in [-0.4, -0.2) is 45.2 Å². The van der Waals surface area contributed by atoms with Crippen molar-refractivity contribution in [2.45, 2.75) is 116 Å². The van der Waals surface area contributed by atoms with E-state index in [1.165, 1.54) is 5.57 Å². The fourth-order valence-electron chi connectivity index (χ4n) is 6.34. The Morgan fingerprint density at radius 2 is 1.90 bits per heavy atom. The molecular formula is C26H42O5. The second-order valence-electron chi connectivity index (χ2n) is 11.1. The van der Waals surface area contributed by atoms with Gasteiger partial charge < -0.3 is 20.1 Å². The molecule has 0 unspecified atom stereocenters. The number of allylic oxidation sites excluding steroid dienone is 3. The van der Waals surface area contributed by atoms with Crippen molar-refractivity contribution in [3.05, 3.63) is 23.3 Å². The molecule has 0 spiro atoms. The molecule has 3 aliphatic carbocycles. The van der Waals surface area contributed by atoms with Gasteiger partial charge in [0.1, 0.15) is 6.10 Å². The van der Waals surface area contributed by atoms with Crippen LogP contribution in [0.3, 0.4) is 0 Å². The molecule has 0 heterocycles. The molecule has 6 atom stereocenters. The van der Waals surface area contributed by atoms with E-state index < -0.39 is 17.8 Å². The number of ether oxygens (including phenoxy) is 1. The van der Waals surface area contributed by atoms with E-state index in [1.807, 2.05) is 6.92 Å². The zero-order valence-electron chi connectivity index (χ0n) is 19.8. The number of carbonyl (C=O) groups excluding carboxylic acids is 1. The predicted molar refractivity (Wildman–Crippen MR) is 121 cm³/mol. The molecule has 0 aromatic heterocycles. The van der Waals surface area contributed by atoms with Crippen molar-refractivity contribution in [1.29, 1.82) is 0 Å². The van der Waals surface area contributed by atoms with Gasteiger partial charge in [-0.05, 0) is 89.9 Å². The summed E-state index contributed by atoms with van der Waals surface area (Å²) in [7, 11) is 0. The minimum atomic E-state index is -0.852. The fraction of sp³-hybridized carbons (Fsp3) is 0.808. The first-order valence-corrected chi connectivity index (χ1v) is 12.1. The van der Waals surface area contributed by atoms with Gasteiger partial charge in [-0.2, -0.15) is 0 Å². The Hall–Kier alpha value is -1.17. The van der Waals surface area contributed by atoms with Crippen LogP contribution in [0.1, 0.15) is 91.9 Å². The second kappa shape index (κ2) is 9.76. The van der Waals surface area contributed by atoms with Gasteiger partial charge in [-0.3, -0.25) is 4.79 Å². The molecule has 0 bridgehead atoms. The van der Waals surface area contributed by atoms with E-state index in [2.05, 4.69) is 19.1 Å². The van der Waals surface area contributed by atoms with Crippen LogP contribution in [0.15, 0.2) is 23.3 Å². The Balaban J connectivity index is 1.65. The summed E-state index contributed by atoms with van der Waals surface area (Å²) in [4.78, 5) is 12.3. The Kier molecular flexibility index (Phi) is 7.71. The van der Waals surface area contributed by atoms with Crippen molar-refractivity contribution in [1.82, 2.24) is 0 Å². The van der Waals surface area contributed by atoms with Crippen molar-refractivity contribution in [2.24, 2.45) is 17.3 Å². The third kappa shape index (κ3) is 6.21. The molecule has 3 aliphatic rings. The van der Waals surface area contributed by atoms with Crippen LogP contribution in [-0.2, 0) is 9.53 Å². The van der Waals surface area contributed by atoms with E-state index in [0.717, 1.165) is 37.7 Å². The highest BCUT2D eigenvalue weighted by molar-refractivity contribution is 5.69. The summed E-state index contributed by atoms with van der Waals surface area (Å²) in [6.45, 7) is 7.83. The molecule has 3 N–H and O–H groups in total. The van der Waals surface area contributed by atoms with Gasteiger partial charge in [0.25, 0.3) is 0 Å². The lowest BCUT2D eigenvalue weighted by Gasteiger charge is -2.44. The van der Waals surface area contributed by atoms with Crippen molar-refractivity contribution < 1.29 is 24.9 Å². The molecule has 0 aliphatic heterocycles. The summed E-state index contributed by atoms with van der Waals surface area (Å²) in [5, 5.41) is 29.8. The van der Waals surface area contributed by atoms with E-state index >= 15 is 0 Å². The van der Waals surface area contributed by atoms with Gasteiger partial charge >= 0.3 is 5.97 Å². The van der Waals surface area contributed by atoms with Crippen LogP contribution in [0, 0.1) is 17.3 Å². The lowest BCUT2D eigenvalue weighted by molar-refractivity contribution is -0.154. The van der Waals surface area contributed by atoms with Crippen molar-refractivity contribution in [3.8, 4) is 0 Å². The molecule has 3 fully saturated rings.